The third kappa shape index (κ3) is 3.84. The summed E-state index contributed by atoms with van der Waals surface area (Å²) < 4.78 is 5.89. The quantitative estimate of drug-likeness (QED) is 0.648. The van der Waals surface area contributed by atoms with Crippen molar-refractivity contribution < 1.29 is 4.42 Å². The van der Waals surface area contributed by atoms with Gasteiger partial charge in [0, 0.05) is 24.9 Å². The first kappa shape index (κ1) is 15.8. The van der Waals surface area contributed by atoms with Gasteiger partial charge in [-0.25, -0.2) is 0 Å². The highest BCUT2D eigenvalue weighted by Crippen LogP contribution is 2.25. The highest BCUT2D eigenvalue weighted by molar-refractivity contribution is 6.21. The van der Waals surface area contributed by atoms with Crippen molar-refractivity contribution in [3.63, 3.8) is 0 Å². The number of aliphatic imine (C=N–C) groups is 1. The van der Waals surface area contributed by atoms with Gasteiger partial charge < -0.3 is 15.1 Å². The summed E-state index contributed by atoms with van der Waals surface area (Å²) in [5.41, 5.74) is 3.88. The zero-order valence-electron chi connectivity index (χ0n) is 13.3. The van der Waals surface area contributed by atoms with Crippen molar-refractivity contribution >= 4 is 23.5 Å². The number of nitrogens with zero attached hydrogens (tertiary/aromatic N) is 1. The Kier molecular flexibility index (Phi) is 4.84. The Morgan fingerprint density at radius 2 is 2.00 bits per heavy atom. The monoisotopic (exact) mass is 329 g/mol. The van der Waals surface area contributed by atoms with Crippen LogP contribution in [0.25, 0.3) is 5.70 Å². The fourth-order valence-corrected chi connectivity index (χ4v) is 2.70. The van der Waals surface area contributed by atoms with Gasteiger partial charge in [-0.2, -0.15) is 0 Å². The number of allylic oxidation sites excluding steroid dienone is 1. The molecule has 1 aromatic heterocycles. The molecular formula is C18H20ClN3O. The molecule has 1 aromatic carbocycles. The minimum Gasteiger partial charge on any atom is -0.459 e. The van der Waals surface area contributed by atoms with Crippen LogP contribution >= 0.6 is 11.6 Å². The molecule has 4 nitrogen and oxygen atoms in total. The van der Waals surface area contributed by atoms with Crippen LogP contribution in [0.15, 0.2) is 51.4 Å². The van der Waals surface area contributed by atoms with E-state index in [2.05, 4.69) is 33.8 Å². The highest BCUT2D eigenvalue weighted by atomic mass is 35.5. The highest BCUT2D eigenvalue weighted by Gasteiger charge is 2.18. The zero-order chi connectivity index (χ0) is 16.2. The lowest BCUT2D eigenvalue weighted by Crippen LogP contribution is -2.25. The maximum atomic E-state index is 6.03. The van der Waals surface area contributed by atoms with Crippen LogP contribution in [-0.4, -0.2) is 11.8 Å². The summed E-state index contributed by atoms with van der Waals surface area (Å²) >= 11 is 6.03. The molecule has 0 saturated carbocycles. The van der Waals surface area contributed by atoms with E-state index in [9.17, 15) is 0 Å². The van der Waals surface area contributed by atoms with Gasteiger partial charge in [0.2, 0.25) is 0 Å². The Balaban J connectivity index is 1.68. The molecule has 2 heterocycles. The SMILES string of the molecule is CC1=C(c2cc(CNCc3ccccc3)c(C)o2)NC(Cl)N=C1. The summed E-state index contributed by atoms with van der Waals surface area (Å²) in [6.45, 7) is 5.56. The van der Waals surface area contributed by atoms with Crippen LogP contribution in [0.2, 0.25) is 0 Å². The fraction of sp³-hybridized carbons (Fsp3) is 0.278. The molecule has 23 heavy (non-hydrogen) atoms. The number of hydrogen-bond donors (Lipinski definition) is 2. The number of nitrogens with one attached hydrogen (secondary N) is 2. The summed E-state index contributed by atoms with van der Waals surface area (Å²) in [6.07, 6.45) is 1.77. The summed E-state index contributed by atoms with van der Waals surface area (Å²) in [4.78, 5) is 4.12. The topological polar surface area (TPSA) is 49.6 Å². The van der Waals surface area contributed by atoms with E-state index in [4.69, 9.17) is 16.0 Å². The smallest absolute Gasteiger partial charge is 0.195 e. The third-order valence-corrected chi connectivity index (χ3v) is 4.03. The van der Waals surface area contributed by atoms with E-state index in [0.29, 0.717) is 0 Å². The Hall–Kier alpha value is -2.04. The van der Waals surface area contributed by atoms with Crippen LogP contribution in [0.4, 0.5) is 0 Å². The van der Waals surface area contributed by atoms with Gasteiger partial charge >= 0.3 is 0 Å². The van der Waals surface area contributed by atoms with Gasteiger partial charge in [0.15, 0.2) is 11.4 Å². The predicted octanol–water partition coefficient (Wildman–Crippen LogP) is 3.81. The van der Waals surface area contributed by atoms with Crippen LogP contribution in [0.5, 0.6) is 0 Å². The standard InChI is InChI=1S/C18H20ClN3O/c1-12-9-21-18(19)22-17(12)16-8-15(13(2)23-16)11-20-10-14-6-4-3-5-7-14/h3-9,18,20,22H,10-11H2,1-2H3. The molecule has 120 valence electrons. The molecule has 1 aliphatic rings. The number of alkyl halides is 1. The third-order valence-electron chi connectivity index (χ3n) is 3.81. The molecule has 1 atom stereocenters. The van der Waals surface area contributed by atoms with E-state index < -0.39 is 5.62 Å². The minimum atomic E-state index is -0.446. The van der Waals surface area contributed by atoms with Crippen LogP contribution < -0.4 is 10.6 Å². The number of rotatable bonds is 5. The molecule has 0 aliphatic carbocycles. The molecule has 0 radical (unpaired) electrons. The van der Waals surface area contributed by atoms with Gasteiger partial charge in [0.25, 0.3) is 0 Å². The first-order valence-corrected chi connectivity index (χ1v) is 8.06. The van der Waals surface area contributed by atoms with Crippen LogP contribution in [0.1, 0.15) is 29.6 Å². The average molecular weight is 330 g/mol. The second-order valence-electron chi connectivity index (χ2n) is 5.60. The van der Waals surface area contributed by atoms with E-state index in [1.54, 1.807) is 6.21 Å². The van der Waals surface area contributed by atoms with Crippen molar-refractivity contribution in [3.05, 3.63) is 64.6 Å². The van der Waals surface area contributed by atoms with Gasteiger partial charge in [-0.05, 0) is 31.1 Å². The second kappa shape index (κ2) is 7.02. The Labute approximate surface area is 141 Å². The molecule has 0 spiro atoms. The van der Waals surface area contributed by atoms with E-state index in [1.165, 1.54) is 5.56 Å². The van der Waals surface area contributed by atoms with Crippen molar-refractivity contribution in [2.45, 2.75) is 32.6 Å². The normalized spacial score (nSPS) is 17.4. The summed E-state index contributed by atoms with van der Waals surface area (Å²) in [5, 5.41) is 6.58. The first-order chi connectivity index (χ1) is 11.1. The van der Waals surface area contributed by atoms with Crippen LogP contribution in [-0.2, 0) is 13.1 Å². The fourth-order valence-electron chi connectivity index (χ4n) is 2.53. The summed E-state index contributed by atoms with van der Waals surface area (Å²) in [5.74, 6) is 1.71. The van der Waals surface area contributed by atoms with Gasteiger partial charge in [-0.3, -0.25) is 4.99 Å². The minimum absolute atomic E-state index is 0.446. The molecule has 3 rings (SSSR count). The number of hydrogen-bond acceptors (Lipinski definition) is 4. The maximum absolute atomic E-state index is 6.03. The van der Waals surface area contributed by atoms with Crippen molar-refractivity contribution in [2.75, 3.05) is 0 Å². The second-order valence-corrected chi connectivity index (χ2v) is 6.01. The van der Waals surface area contributed by atoms with E-state index in [0.717, 1.165) is 41.4 Å². The van der Waals surface area contributed by atoms with Gasteiger partial charge in [0.05, 0.1) is 5.70 Å². The maximum Gasteiger partial charge on any atom is 0.195 e. The lowest BCUT2D eigenvalue weighted by atomic mass is 10.1. The number of benzene rings is 1. The molecule has 5 heteroatoms. The molecule has 0 amide bonds. The predicted molar refractivity (Wildman–Crippen MR) is 94.3 cm³/mol. The van der Waals surface area contributed by atoms with Gasteiger partial charge in [-0.15, -0.1) is 0 Å². The number of furan rings is 1. The van der Waals surface area contributed by atoms with Crippen molar-refractivity contribution in [1.29, 1.82) is 0 Å². The van der Waals surface area contributed by atoms with Crippen LogP contribution in [0, 0.1) is 6.92 Å². The first-order valence-electron chi connectivity index (χ1n) is 7.62. The van der Waals surface area contributed by atoms with E-state index in [-0.39, 0.29) is 0 Å². The molecule has 0 saturated heterocycles. The van der Waals surface area contributed by atoms with Crippen LogP contribution in [0.3, 0.4) is 0 Å². The Bertz CT molecular complexity index is 734. The van der Waals surface area contributed by atoms with Crippen molar-refractivity contribution in [1.82, 2.24) is 10.6 Å². The summed E-state index contributed by atoms with van der Waals surface area (Å²) in [6, 6.07) is 12.4. The van der Waals surface area contributed by atoms with E-state index in [1.807, 2.05) is 32.0 Å². The molecule has 1 aliphatic heterocycles. The van der Waals surface area contributed by atoms with Gasteiger partial charge in [-0.1, -0.05) is 41.9 Å². The molecule has 0 fully saturated rings. The zero-order valence-corrected chi connectivity index (χ0v) is 14.0. The van der Waals surface area contributed by atoms with Crippen molar-refractivity contribution in [2.24, 2.45) is 4.99 Å². The molecule has 2 N–H and O–H groups in total. The lowest BCUT2D eigenvalue weighted by molar-refractivity contribution is 0.508. The molecular weight excluding hydrogens is 310 g/mol. The average Bonchev–Trinajstić information content (AvgIpc) is 2.92. The molecule has 2 aromatic rings. The Morgan fingerprint density at radius 3 is 2.78 bits per heavy atom. The number of halogens is 1. The largest absolute Gasteiger partial charge is 0.459 e. The van der Waals surface area contributed by atoms with Crippen molar-refractivity contribution in [3.8, 4) is 0 Å². The lowest BCUT2D eigenvalue weighted by Gasteiger charge is -2.17. The molecule has 1 unspecified atom stereocenters. The Morgan fingerprint density at radius 1 is 1.22 bits per heavy atom. The van der Waals surface area contributed by atoms with Gasteiger partial charge in [0.1, 0.15) is 5.76 Å². The molecule has 0 bridgehead atoms. The van der Waals surface area contributed by atoms with E-state index >= 15 is 0 Å². The number of aryl methyl sites for hydroxylation is 1. The summed E-state index contributed by atoms with van der Waals surface area (Å²) in [7, 11) is 0.